The van der Waals surface area contributed by atoms with Crippen LogP contribution in [0.2, 0.25) is 0 Å². The Morgan fingerprint density at radius 1 is 1.18 bits per heavy atom. The summed E-state index contributed by atoms with van der Waals surface area (Å²) in [7, 11) is 2.44. The van der Waals surface area contributed by atoms with E-state index in [4.69, 9.17) is 9.47 Å². The van der Waals surface area contributed by atoms with Crippen molar-refractivity contribution < 1.29 is 13.7 Å². The van der Waals surface area contributed by atoms with Crippen molar-refractivity contribution in [3.8, 4) is 11.5 Å². The Morgan fingerprint density at radius 3 is 2.64 bits per heavy atom. The number of aromatic nitrogens is 2. The van der Waals surface area contributed by atoms with Crippen molar-refractivity contribution in [1.82, 2.24) is 9.97 Å². The number of ether oxygens (including phenoxy) is 2. The normalized spacial score (nSPS) is 18.6. The first-order valence-electron chi connectivity index (χ1n) is 9.49. The van der Waals surface area contributed by atoms with Gasteiger partial charge < -0.3 is 19.7 Å². The number of methoxy groups -OCH3 is 2. The zero-order valence-electron chi connectivity index (χ0n) is 16.9. The summed E-state index contributed by atoms with van der Waals surface area (Å²) in [6, 6.07) is 7.50. The Morgan fingerprint density at radius 2 is 1.96 bits per heavy atom. The van der Waals surface area contributed by atoms with E-state index >= 15 is 0 Å². The minimum absolute atomic E-state index is 0.171. The van der Waals surface area contributed by atoms with Gasteiger partial charge in [-0.2, -0.15) is 0 Å². The van der Waals surface area contributed by atoms with Crippen LogP contribution in [0.3, 0.4) is 0 Å². The van der Waals surface area contributed by atoms with Crippen molar-refractivity contribution in [1.29, 1.82) is 0 Å². The fourth-order valence-electron chi connectivity index (χ4n) is 3.53. The molecule has 2 heterocycles. The molecule has 0 radical (unpaired) electrons. The van der Waals surface area contributed by atoms with E-state index in [9.17, 15) is 4.21 Å². The van der Waals surface area contributed by atoms with Gasteiger partial charge >= 0.3 is 0 Å². The number of hydrogen-bond acceptors (Lipinski definition) is 7. The van der Waals surface area contributed by atoms with Gasteiger partial charge in [0.25, 0.3) is 0 Å². The molecule has 152 valence electrons. The Balaban J connectivity index is 1.82. The molecular weight excluding hydrogens is 376 g/mol. The maximum absolute atomic E-state index is 12.6. The molecule has 0 aliphatic carbocycles. The topological polar surface area (TPSA) is 76.6 Å². The standard InChI is InChI=1S/C20H28N4O3S/c1-5-20(6-2)13-24(9-10-28(20)25)19-12-18(21-14-22-19)23-16-8-7-15(26-3)11-17(16)27-4/h7-8,11-12,14H,5-6,9-10,13H2,1-4H3,(H,21,22,23). The zero-order valence-corrected chi connectivity index (χ0v) is 17.7. The molecule has 1 atom stereocenters. The van der Waals surface area contributed by atoms with Gasteiger partial charge in [0.2, 0.25) is 0 Å². The minimum atomic E-state index is -0.805. The van der Waals surface area contributed by atoms with Crippen LogP contribution in [0.4, 0.5) is 17.3 Å². The summed E-state index contributed by atoms with van der Waals surface area (Å²) in [6.07, 6.45) is 3.34. The van der Waals surface area contributed by atoms with Gasteiger partial charge in [0.15, 0.2) is 0 Å². The van der Waals surface area contributed by atoms with Gasteiger partial charge in [0.05, 0.1) is 24.7 Å². The van der Waals surface area contributed by atoms with Crippen LogP contribution in [0, 0.1) is 0 Å². The fraction of sp³-hybridized carbons (Fsp3) is 0.500. The average molecular weight is 405 g/mol. The predicted molar refractivity (Wildman–Crippen MR) is 113 cm³/mol. The third-order valence-corrected chi connectivity index (χ3v) is 7.67. The second-order valence-electron chi connectivity index (χ2n) is 6.81. The summed E-state index contributed by atoms with van der Waals surface area (Å²) in [5.41, 5.74) is 0.796. The number of hydrogen-bond donors (Lipinski definition) is 1. The van der Waals surface area contributed by atoms with Crippen molar-refractivity contribution in [3.63, 3.8) is 0 Å². The molecule has 1 aliphatic rings. The van der Waals surface area contributed by atoms with Crippen LogP contribution < -0.4 is 19.7 Å². The number of anilines is 3. The van der Waals surface area contributed by atoms with Gasteiger partial charge in [-0.3, -0.25) is 4.21 Å². The monoisotopic (exact) mass is 404 g/mol. The lowest BCUT2D eigenvalue weighted by Crippen LogP contribution is -2.53. The molecule has 1 aromatic carbocycles. The first kappa shape index (κ1) is 20.4. The van der Waals surface area contributed by atoms with E-state index in [1.165, 1.54) is 0 Å². The van der Waals surface area contributed by atoms with Crippen molar-refractivity contribution in [2.45, 2.75) is 31.4 Å². The Bertz CT molecular complexity index is 842. The Hall–Kier alpha value is -2.35. The van der Waals surface area contributed by atoms with Gasteiger partial charge in [-0.15, -0.1) is 0 Å². The highest BCUT2D eigenvalue weighted by Gasteiger charge is 2.39. The summed E-state index contributed by atoms with van der Waals surface area (Å²) in [6.45, 7) is 5.72. The molecule has 3 rings (SSSR count). The molecule has 2 aromatic rings. The maximum atomic E-state index is 12.6. The largest absolute Gasteiger partial charge is 0.497 e. The second-order valence-corrected chi connectivity index (χ2v) is 8.78. The van der Waals surface area contributed by atoms with Crippen LogP contribution in [0.25, 0.3) is 0 Å². The van der Waals surface area contributed by atoms with Gasteiger partial charge in [-0.05, 0) is 25.0 Å². The van der Waals surface area contributed by atoms with Crippen LogP contribution in [-0.4, -0.2) is 52.0 Å². The molecule has 1 aromatic heterocycles. The van der Waals surface area contributed by atoms with Crippen LogP contribution in [0.5, 0.6) is 11.5 Å². The van der Waals surface area contributed by atoms with Crippen LogP contribution >= 0.6 is 0 Å². The summed E-state index contributed by atoms with van der Waals surface area (Å²) < 4.78 is 23.1. The molecular formula is C20H28N4O3S. The smallest absolute Gasteiger partial charge is 0.146 e. The summed E-state index contributed by atoms with van der Waals surface area (Å²) in [5.74, 6) is 3.58. The number of nitrogens with zero attached hydrogens (tertiary/aromatic N) is 3. The predicted octanol–water partition coefficient (Wildman–Crippen LogP) is 3.36. The highest BCUT2D eigenvalue weighted by atomic mass is 32.2. The van der Waals surface area contributed by atoms with E-state index in [0.29, 0.717) is 17.3 Å². The lowest BCUT2D eigenvalue weighted by atomic mass is 10.0. The number of nitrogens with one attached hydrogen (secondary N) is 1. The van der Waals surface area contributed by atoms with Crippen molar-refractivity contribution in [2.24, 2.45) is 0 Å². The van der Waals surface area contributed by atoms with Crippen molar-refractivity contribution >= 4 is 28.1 Å². The minimum Gasteiger partial charge on any atom is -0.497 e. The molecule has 1 aliphatic heterocycles. The molecule has 0 saturated carbocycles. The van der Waals surface area contributed by atoms with Crippen LogP contribution in [-0.2, 0) is 10.8 Å². The third-order valence-electron chi connectivity index (χ3n) is 5.45. The highest BCUT2D eigenvalue weighted by Crippen LogP contribution is 2.33. The molecule has 1 fully saturated rings. The molecule has 8 heteroatoms. The van der Waals surface area contributed by atoms with E-state index in [1.54, 1.807) is 20.5 Å². The van der Waals surface area contributed by atoms with Gasteiger partial charge in [0.1, 0.15) is 29.5 Å². The molecule has 1 unspecified atom stereocenters. The van der Waals surface area contributed by atoms with E-state index < -0.39 is 10.8 Å². The Labute approximate surface area is 168 Å². The second kappa shape index (κ2) is 8.77. The lowest BCUT2D eigenvalue weighted by molar-refractivity contribution is 0.395. The molecule has 0 amide bonds. The van der Waals surface area contributed by atoms with Crippen LogP contribution in [0.15, 0.2) is 30.6 Å². The van der Waals surface area contributed by atoms with Crippen LogP contribution in [0.1, 0.15) is 26.7 Å². The van der Waals surface area contributed by atoms with Crippen molar-refractivity contribution in [2.75, 3.05) is 43.3 Å². The molecule has 0 spiro atoms. The fourth-order valence-corrected chi connectivity index (χ4v) is 5.29. The molecule has 28 heavy (non-hydrogen) atoms. The first-order valence-corrected chi connectivity index (χ1v) is 10.8. The summed E-state index contributed by atoms with van der Waals surface area (Å²) in [4.78, 5) is 11.0. The summed E-state index contributed by atoms with van der Waals surface area (Å²) >= 11 is 0. The van der Waals surface area contributed by atoms with E-state index in [-0.39, 0.29) is 4.75 Å². The molecule has 1 saturated heterocycles. The van der Waals surface area contributed by atoms with Gasteiger partial charge in [-0.1, -0.05) is 13.8 Å². The van der Waals surface area contributed by atoms with Crippen molar-refractivity contribution in [3.05, 3.63) is 30.6 Å². The summed E-state index contributed by atoms with van der Waals surface area (Å²) in [5, 5.41) is 3.29. The Kier molecular flexibility index (Phi) is 6.39. The number of benzene rings is 1. The average Bonchev–Trinajstić information content (AvgIpc) is 2.74. The lowest BCUT2D eigenvalue weighted by Gasteiger charge is -2.41. The highest BCUT2D eigenvalue weighted by molar-refractivity contribution is 7.86. The first-order chi connectivity index (χ1) is 13.5. The molecule has 0 bridgehead atoms. The third kappa shape index (κ3) is 4.06. The maximum Gasteiger partial charge on any atom is 0.146 e. The van der Waals surface area contributed by atoms with E-state index in [0.717, 1.165) is 43.2 Å². The van der Waals surface area contributed by atoms with Gasteiger partial charge in [0, 0.05) is 41.8 Å². The molecule has 1 N–H and O–H groups in total. The van der Waals surface area contributed by atoms with Gasteiger partial charge in [-0.25, -0.2) is 9.97 Å². The van der Waals surface area contributed by atoms with E-state index in [1.807, 2.05) is 24.3 Å². The molecule has 7 nitrogen and oxygen atoms in total. The quantitative estimate of drug-likeness (QED) is 0.758. The zero-order chi connectivity index (χ0) is 20.1. The number of rotatable bonds is 7. The van der Waals surface area contributed by atoms with E-state index in [2.05, 4.69) is 34.0 Å². The SMILES string of the molecule is CCC1(CC)CN(c2cc(Nc3ccc(OC)cc3OC)ncn2)CCS1=O.